The number of rotatable bonds is 0. The molecule has 10 nitrogen and oxygen atoms in total. The Bertz CT molecular complexity index is 2190. The normalized spacial score (nSPS) is 14.1. The summed E-state index contributed by atoms with van der Waals surface area (Å²) in [6.45, 7) is 5.61. The van der Waals surface area contributed by atoms with Crippen LogP contribution in [0.5, 0.6) is 0 Å². The molecular formula is C40H30CrN8O2-2. The first-order valence-corrected chi connectivity index (χ1v) is 16.8. The molecule has 0 saturated carbocycles. The topological polar surface area (TPSA) is 124 Å². The molecule has 0 unspecified atom stereocenters. The molecular weight excluding hydrogens is 676 g/mol. The van der Waals surface area contributed by atoms with Crippen molar-refractivity contribution in [2.75, 3.05) is 13.2 Å². The first kappa shape index (κ1) is 32.9. The van der Waals surface area contributed by atoms with Gasteiger partial charge in [-0.3, -0.25) is 0 Å². The van der Waals surface area contributed by atoms with E-state index in [0.29, 0.717) is 45.9 Å². The second-order valence-corrected chi connectivity index (χ2v) is 12.0. The second-order valence-electron chi connectivity index (χ2n) is 12.0. The van der Waals surface area contributed by atoms with Gasteiger partial charge < -0.3 is 39.4 Å². The number of aromatic nitrogens is 8. The summed E-state index contributed by atoms with van der Waals surface area (Å²) in [6.07, 6.45) is 4.75. The predicted molar refractivity (Wildman–Crippen MR) is 193 cm³/mol. The Kier molecular flexibility index (Phi) is 9.35. The van der Waals surface area contributed by atoms with Gasteiger partial charge in [-0.1, -0.05) is 110 Å². The molecule has 0 amide bonds. The average Bonchev–Trinajstić information content (AvgIpc) is 4.03. The van der Waals surface area contributed by atoms with Crippen LogP contribution in [0.2, 0.25) is 0 Å². The van der Waals surface area contributed by atoms with Gasteiger partial charge in [0.05, 0.1) is 23.3 Å². The smallest absolute Gasteiger partial charge is 0.552 e. The summed E-state index contributed by atoms with van der Waals surface area (Å²) in [7, 11) is 0. The van der Waals surface area contributed by atoms with Crippen molar-refractivity contribution in [3.8, 4) is 45.6 Å². The van der Waals surface area contributed by atoms with Gasteiger partial charge in [0.15, 0.2) is 0 Å². The minimum absolute atomic E-state index is 0. The SMILES string of the molecule is [CH-]1CCCO1.[CH-]1CCCO1.[Cr+2].c1ccc2c(c1)-c1nc-2nc2[n-]c(nc3nc(nc4[n-]c(n1)c1ccccc41)-c1ccccc1-3)c1ccccc21. The molecule has 11 heteroatoms. The van der Waals surface area contributed by atoms with Gasteiger partial charge in [0, 0.05) is 58.1 Å². The van der Waals surface area contributed by atoms with Crippen molar-refractivity contribution in [1.82, 2.24) is 39.9 Å². The van der Waals surface area contributed by atoms with Gasteiger partial charge in [-0.05, 0) is 21.5 Å². The van der Waals surface area contributed by atoms with E-state index in [2.05, 4.69) is 0 Å². The maximum atomic E-state index is 4.95. The van der Waals surface area contributed by atoms with Crippen LogP contribution in [0.15, 0.2) is 97.1 Å². The number of fused-ring (bicyclic) bond motifs is 20. The molecule has 7 heterocycles. The Labute approximate surface area is 304 Å². The fourth-order valence-corrected chi connectivity index (χ4v) is 6.29. The fraction of sp³-hybridized carbons (Fsp3) is 0.150. The standard InChI is InChI=1S/C32H16N8.2C4H7O.Cr/c1-2-10-18-17(9-1)25-33-26(18)38-28-21-13-5-6-14-22(21)30(35-28)40-32-24-16-8-7-15-23(24)31(36-32)39-29-20-12-4-3-11-19(20)27(34-29)37-25;2*1-2-4-5-3-1;/h1-16H;2*3H,1-2,4H2;/q-2;2*-1;+2. The summed E-state index contributed by atoms with van der Waals surface area (Å²) >= 11 is 0. The summed E-state index contributed by atoms with van der Waals surface area (Å²) in [5.74, 6) is 2.21. The number of ether oxygens (including phenoxy) is 2. The zero-order valence-corrected chi connectivity index (χ0v) is 28.7. The molecule has 0 aliphatic carbocycles. The molecule has 11 rings (SSSR count). The van der Waals surface area contributed by atoms with Crippen LogP contribution in [0, 0.1) is 13.2 Å². The van der Waals surface area contributed by atoms with Crippen molar-refractivity contribution >= 4 is 44.1 Å². The summed E-state index contributed by atoms with van der Waals surface area (Å²) in [5, 5.41) is 3.57. The van der Waals surface area contributed by atoms with Gasteiger partial charge in [0.25, 0.3) is 0 Å². The van der Waals surface area contributed by atoms with Gasteiger partial charge >= 0.3 is 17.4 Å². The van der Waals surface area contributed by atoms with Crippen molar-refractivity contribution in [1.29, 1.82) is 0 Å². The monoisotopic (exact) mass is 706 g/mol. The van der Waals surface area contributed by atoms with Crippen LogP contribution in [0.1, 0.15) is 25.7 Å². The molecule has 7 aromatic rings. The minimum atomic E-state index is 0. The van der Waals surface area contributed by atoms with Gasteiger partial charge in [0.1, 0.15) is 0 Å². The first-order valence-electron chi connectivity index (χ1n) is 16.8. The summed E-state index contributed by atoms with van der Waals surface area (Å²) < 4.78 is 9.64. The van der Waals surface area contributed by atoms with Crippen molar-refractivity contribution in [2.45, 2.75) is 25.7 Å². The third-order valence-electron chi connectivity index (χ3n) is 8.73. The third kappa shape index (κ3) is 6.41. The van der Waals surface area contributed by atoms with Gasteiger partial charge in [-0.2, -0.15) is 12.8 Å². The molecule has 0 spiro atoms. The summed E-state index contributed by atoms with van der Waals surface area (Å²) in [5.41, 5.74) is 5.78. The molecule has 2 saturated heterocycles. The minimum Gasteiger partial charge on any atom is -0.552 e. The van der Waals surface area contributed by atoms with Gasteiger partial charge in [0.2, 0.25) is 0 Å². The van der Waals surface area contributed by atoms with E-state index in [0.717, 1.165) is 69.9 Å². The number of benzene rings is 4. The van der Waals surface area contributed by atoms with Crippen LogP contribution in [0.3, 0.4) is 0 Å². The van der Waals surface area contributed by atoms with Crippen LogP contribution in [-0.2, 0) is 26.8 Å². The maximum Gasteiger partial charge on any atom is 2.00 e. The molecule has 0 atom stereocenters. The largest absolute Gasteiger partial charge is 2.00 e. The van der Waals surface area contributed by atoms with Gasteiger partial charge in [-0.25, -0.2) is 23.2 Å². The van der Waals surface area contributed by atoms with Crippen LogP contribution in [-0.4, -0.2) is 43.1 Å². The molecule has 0 N–H and O–H groups in total. The Hall–Kier alpha value is -5.31. The van der Waals surface area contributed by atoms with Crippen molar-refractivity contribution in [2.24, 2.45) is 0 Å². The fourth-order valence-electron chi connectivity index (χ4n) is 6.29. The summed E-state index contributed by atoms with van der Waals surface area (Å²) in [6, 6.07) is 31.8. The number of nitrogens with zero attached hydrogens (tertiary/aromatic N) is 8. The molecule has 8 bridgehead atoms. The molecule has 250 valence electrons. The van der Waals surface area contributed by atoms with Crippen molar-refractivity contribution in [3.05, 3.63) is 110 Å². The Balaban J connectivity index is 0.000000295. The third-order valence-corrected chi connectivity index (χ3v) is 8.73. The molecule has 4 aliphatic heterocycles. The molecule has 51 heavy (non-hydrogen) atoms. The molecule has 3 aromatic heterocycles. The Morgan fingerprint density at radius 3 is 0.941 bits per heavy atom. The van der Waals surface area contributed by atoms with E-state index in [-0.39, 0.29) is 17.4 Å². The van der Waals surface area contributed by atoms with E-state index in [1.807, 2.05) is 110 Å². The van der Waals surface area contributed by atoms with Crippen LogP contribution < -0.4 is 9.97 Å². The number of hydrogen-bond acceptors (Lipinski definition) is 8. The predicted octanol–water partition coefficient (Wildman–Crippen LogP) is 8.04. The Morgan fingerprint density at radius 1 is 0.412 bits per heavy atom. The molecule has 2 fully saturated rings. The van der Waals surface area contributed by atoms with Crippen LogP contribution >= 0.6 is 0 Å². The molecule has 4 aliphatic rings. The quantitative estimate of drug-likeness (QED) is 0.143. The van der Waals surface area contributed by atoms with Crippen LogP contribution in [0.4, 0.5) is 0 Å². The van der Waals surface area contributed by atoms with Crippen molar-refractivity contribution < 1.29 is 26.8 Å². The molecule has 4 aromatic carbocycles. The first-order chi connectivity index (χ1) is 24.8. The van der Waals surface area contributed by atoms with E-state index < -0.39 is 0 Å². The van der Waals surface area contributed by atoms with E-state index in [4.69, 9.17) is 49.3 Å². The average molecular weight is 707 g/mol. The maximum absolute atomic E-state index is 4.95. The van der Waals surface area contributed by atoms with E-state index in [9.17, 15) is 0 Å². The number of hydrogen-bond donors (Lipinski definition) is 0. The van der Waals surface area contributed by atoms with E-state index in [1.165, 1.54) is 12.8 Å². The van der Waals surface area contributed by atoms with Crippen LogP contribution in [0.25, 0.3) is 89.7 Å². The molecule has 0 radical (unpaired) electrons. The zero-order chi connectivity index (χ0) is 33.3. The van der Waals surface area contributed by atoms with E-state index in [1.54, 1.807) is 0 Å². The van der Waals surface area contributed by atoms with Gasteiger partial charge in [-0.15, -0.1) is 0 Å². The summed E-state index contributed by atoms with van der Waals surface area (Å²) in [4.78, 5) is 39.3. The van der Waals surface area contributed by atoms with Crippen molar-refractivity contribution in [3.63, 3.8) is 0 Å². The zero-order valence-electron chi connectivity index (χ0n) is 27.4. The Morgan fingerprint density at radius 2 is 0.706 bits per heavy atom. The second kappa shape index (κ2) is 14.5. The van der Waals surface area contributed by atoms with E-state index >= 15 is 0 Å².